The maximum absolute atomic E-state index is 4.57. The minimum atomic E-state index is 0.954. The van der Waals surface area contributed by atoms with Gasteiger partial charge in [-0.25, -0.2) is 0 Å². The molecule has 11 aromatic rings. The average molecular weight is 756 g/mol. The van der Waals surface area contributed by atoms with Crippen LogP contribution >= 0.6 is 0 Å². The van der Waals surface area contributed by atoms with Gasteiger partial charge in [-0.3, -0.25) is 9.97 Å². The second kappa shape index (κ2) is 14.5. The van der Waals surface area contributed by atoms with Gasteiger partial charge in [0, 0.05) is 74.9 Å². The van der Waals surface area contributed by atoms with Crippen molar-refractivity contribution in [3.8, 4) is 44.9 Å². The minimum Gasteiger partial charge on any atom is -0.316 e. The summed E-state index contributed by atoms with van der Waals surface area (Å²) < 4.78 is 4.70. The Kier molecular flexibility index (Phi) is 8.41. The highest BCUT2D eigenvalue weighted by molar-refractivity contribution is 6.19. The van der Waals surface area contributed by atoms with E-state index < -0.39 is 0 Å². The van der Waals surface area contributed by atoms with Crippen molar-refractivity contribution in [3.63, 3.8) is 0 Å². The van der Waals surface area contributed by atoms with Crippen LogP contribution < -0.4 is 4.90 Å². The lowest BCUT2D eigenvalue weighted by Crippen LogP contribution is -2.09. The van der Waals surface area contributed by atoms with Crippen LogP contribution in [0.1, 0.15) is 0 Å². The van der Waals surface area contributed by atoms with Crippen LogP contribution in [0.5, 0.6) is 0 Å². The third-order valence-electron chi connectivity index (χ3n) is 11.3. The molecule has 0 fully saturated rings. The quantitative estimate of drug-likeness (QED) is 0.155. The van der Waals surface area contributed by atoms with E-state index in [2.05, 4.69) is 200 Å². The zero-order valence-electron chi connectivity index (χ0n) is 32.1. The number of nitrogens with zero attached hydrogens (tertiary/aromatic N) is 5. The number of aromatic nitrogens is 4. The summed E-state index contributed by atoms with van der Waals surface area (Å²) in [7, 11) is 0. The van der Waals surface area contributed by atoms with Gasteiger partial charge in [-0.05, 0) is 131 Å². The average Bonchev–Trinajstić information content (AvgIpc) is 3.90. The van der Waals surface area contributed by atoms with Crippen LogP contribution in [0.3, 0.4) is 0 Å². The van der Waals surface area contributed by atoms with E-state index in [-0.39, 0.29) is 0 Å². The number of pyridine rings is 2. The molecule has 7 aromatic carbocycles. The van der Waals surface area contributed by atoms with Gasteiger partial charge in [0.15, 0.2) is 0 Å². The van der Waals surface area contributed by atoms with Crippen molar-refractivity contribution in [1.29, 1.82) is 0 Å². The molecule has 0 atom stereocenters. The second-order valence-corrected chi connectivity index (χ2v) is 14.7. The van der Waals surface area contributed by atoms with Crippen molar-refractivity contribution in [2.24, 2.45) is 0 Å². The van der Waals surface area contributed by atoms with Crippen molar-refractivity contribution >= 4 is 49.8 Å². The Balaban J connectivity index is 1.00. The molecular formula is C54H37N5. The first-order chi connectivity index (χ1) is 29.3. The van der Waals surface area contributed by atoms with E-state index in [9.17, 15) is 0 Å². The summed E-state index contributed by atoms with van der Waals surface area (Å²) in [6.45, 7) is 0. The zero-order chi connectivity index (χ0) is 39.1. The molecule has 0 unspecified atom stereocenters. The van der Waals surface area contributed by atoms with Crippen LogP contribution in [0.2, 0.25) is 0 Å². The van der Waals surface area contributed by atoms with E-state index in [0.29, 0.717) is 0 Å². The van der Waals surface area contributed by atoms with Crippen molar-refractivity contribution in [2.45, 2.75) is 0 Å². The van der Waals surface area contributed by atoms with E-state index in [1.807, 2.05) is 48.9 Å². The molecule has 0 aliphatic carbocycles. The van der Waals surface area contributed by atoms with E-state index >= 15 is 0 Å². The number of benzene rings is 7. The van der Waals surface area contributed by atoms with Gasteiger partial charge in [-0.2, -0.15) is 0 Å². The van der Waals surface area contributed by atoms with Crippen molar-refractivity contribution in [3.05, 3.63) is 225 Å². The molecule has 5 nitrogen and oxygen atoms in total. The minimum absolute atomic E-state index is 0.954. The molecule has 59 heavy (non-hydrogen) atoms. The molecule has 0 radical (unpaired) electrons. The van der Waals surface area contributed by atoms with Crippen LogP contribution in [-0.2, 0) is 0 Å². The normalized spacial score (nSPS) is 11.4. The monoisotopic (exact) mass is 755 g/mol. The molecule has 0 bridgehead atoms. The molecule has 0 saturated heterocycles. The summed E-state index contributed by atoms with van der Waals surface area (Å²) in [5.41, 5.74) is 15.7. The Morgan fingerprint density at radius 2 is 0.932 bits per heavy atom. The van der Waals surface area contributed by atoms with Crippen LogP contribution in [0, 0.1) is 0 Å². The molecule has 0 N–H and O–H groups in total. The fraction of sp³-hybridized carbons (Fsp3) is 0. The smallest absolute Gasteiger partial charge is 0.0701 e. The Hall–Kier alpha value is -8.02. The molecular weight excluding hydrogens is 719 g/mol. The molecule has 0 saturated carbocycles. The predicted molar refractivity (Wildman–Crippen MR) is 244 cm³/mol. The first-order valence-electron chi connectivity index (χ1n) is 19.9. The summed E-state index contributed by atoms with van der Waals surface area (Å²) in [6, 6.07) is 71.4. The molecule has 0 aliphatic rings. The number of hydrogen-bond donors (Lipinski definition) is 0. The highest BCUT2D eigenvalue weighted by atomic mass is 15.1. The molecule has 0 amide bonds. The number of rotatable bonds is 8. The highest BCUT2D eigenvalue weighted by Gasteiger charge is 2.19. The summed E-state index contributed by atoms with van der Waals surface area (Å²) >= 11 is 0. The summed E-state index contributed by atoms with van der Waals surface area (Å²) in [6.07, 6.45) is 7.69. The first-order valence-corrected chi connectivity index (χ1v) is 19.9. The Labute approximate surface area is 342 Å². The van der Waals surface area contributed by atoms with Gasteiger partial charge in [-0.1, -0.05) is 91.0 Å². The van der Waals surface area contributed by atoms with Crippen molar-refractivity contribution < 1.29 is 0 Å². The van der Waals surface area contributed by atoms with Crippen LogP contribution in [0.25, 0.3) is 77.6 Å². The van der Waals surface area contributed by atoms with Gasteiger partial charge < -0.3 is 14.0 Å². The second-order valence-electron chi connectivity index (χ2n) is 14.7. The lowest BCUT2D eigenvalue weighted by Gasteiger charge is -2.26. The van der Waals surface area contributed by atoms with E-state index in [0.717, 1.165) is 56.4 Å². The maximum atomic E-state index is 4.57. The maximum Gasteiger partial charge on any atom is 0.0701 e. The fourth-order valence-corrected chi connectivity index (χ4v) is 8.48. The number of fused-ring (bicyclic) bond motifs is 5. The van der Waals surface area contributed by atoms with E-state index in [1.165, 1.54) is 38.3 Å². The van der Waals surface area contributed by atoms with E-state index in [4.69, 9.17) is 0 Å². The molecule has 278 valence electrons. The summed E-state index contributed by atoms with van der Waals surface area (Å²) in [5, 5.41) is 3.68. The highest BCUT2D eigenvalue weighted by Crippen LogP contribution is 2.41. The van der Waals surface area contributed by atoms with Gasteiger partial charge in [0.1, 0.15) is 0 Å². The molecule has 4 heterocycles. The number of anilines is 3. The third-order valence-corrected chi connectivity index (χ3v) is 11.3. The standard InChI is InChI=1S/C54H37N5/c1-3-9-43(10-4-1)57-36-32-49-52(57)29-27-48-50-37-42(20-28-53(50)59(54(48)49)44-11-5-2-6-12-44)39-16-23-46(24-17-39)58(45-21-14-38(15-22-45)40-30-34-55-35-31-40)47-25-18-41(19-26-47)51-13-7-8-33-56-51/h1-37H. The lowest BCUT2D eigenvalue weighted by atomic mass is 10.0. The Morgan fingerprint density at radius 1 is 0.373 bits per heavy atom. The molecule has 0 spiro atoms. The summed E-state index contributed by atoms with van der Waals surface area (Å²) in [5.74, 6) is 0. The van der Waals surface area contributed by atoms with Crippen LogP contribution in [0.4, 0.5) is 17.1 Å². The topological polar surface area (TPSA) is 38.9 Å². The molecule has 11 rings (SSSR count). The molecule has 5 heteroatoms. The lowest BCUT2D eigenvalue weighted by molar-refractivity contribution is 1.13. The Morgan fingerprint density at radius 3 is 1.58 bits per heavy atom. The SMILES string of the molecule is c1ccc(-n2ccc3c2ccc2c4cc(-c5ccc(N(c6ccc(-c7ccncc7)cc6)c6ccc(-c7ccccn7)cc6)cc5)ccc4n(-c4ccccc4)c23)cc1. The number of hydrogen-bond acceptors (Lipinski definition) is 3. The van der Waals surface area contributed by atoms with Crippen LogP contribution in [-0.4, -0.2) is 19.1 Å². The fourth-order valence-electron chi connectivity index (χ4n) is 8.48. The first kappa shape index (κ1) is 34.2. The molecule has 0 aliphatic heterocycles. The number of para-hydroxylation sites is 2. The zero-order valence-corrected chi connectivity index (χ0v) is 32.1. The summed E-state index contributed by atoms with van der Waals surface area (Å²) in [4.78, 5) is 11.1. The van der Waals surface area contributed by atoms with Crippen LogP contribution in [0.15, 0.2) is 225 Å². The van der Waals surface area contributed by atoms with Gasteiger partial charge in [0.05, 0.1) is 22.2 Å². The van der Waals surface area contributed by atoms with Gasteiger partial charge in [-0.15, -0.1) is 0 Å². The Bertz CT molecular complexity index is 3130. The largest absolute Gasteiger partial charge is 0.316 e. The molecule has 4 aromatic heterocycles. The third kappa shape index (κ3) is 6.13. The van der Waals surface area contributed by atoms with Gasteiger partial charge >= 0.3 is 0 Å². The van der Waals surface area contributed by atoms with Crippen molar-refractivity contribution in [1.82, 2.24) is 19.1 Å². The van der Waals surface area contributed by atoms with Gasteiger partial charge in [0.25, 0.3) is 0 Å². The van der Waals surface area contributed by atoms with Crippen molar-refractivity contribution in [2.75, 3.05) is 4.90 Å². The van der Waals surface area contributed by atoms with E-state index in [1.54, 1.807) is 0 Å². The predicted octanol–water partition coefficient (Wildman–Crippen LogP) is 14.0. The van der Waals surface area contributed by atoms with Gasteiger partial charge in [0.2, 0.25) is 0 Å².